The Morgan fingerprint density at radius 1 is 1.42 bits per heavy atom. The van der Waals surface area contributed by atoms with Gasteiger partial charge in [0, 0.05) is 0 Å². The van der Waals surface area contributed by atoms with Gasteiger partial charge in [-0.2, -0.15) is 0 Å². The maximum atomic E-state index is 8.95. The molecule has 0 spiro atoms. The Hall–Kier alpha value is 0.560. The van der Waals surface area contributed by atoms with Crippen LogP contribution in [0.5, 0.6) is 0 Å². The van der Waals surface area contributed by atoms with E-state index in [0.29, 0.717) is 12.5 Å². The highest BCUT2D eigenvalue weighted by molar-refractivity contribution is 8.21. The molecule has 2 atom stereocenters. The summed E-state index contributed by atoms with van der Waals surface area (Å²) in [6.07, 6.45) is 0.504. The fourth-order valence-electron chi connectivity index (χ4n) is 0.762. The lowest BCUT2D eigenvalue weighted by molar-refractivity contribution is 0.0276. The minimum Gasteiger partial charge on any atom is -0.391 e. The number of hydrogen-bond acceptors (Lipinski definition) is 3. The van der Waals surface area contributed by atoms with E-state index >= 15 is 0 Å². The molecule has 0 radical (unpaired) electrons. The van der Waals surface area contributed by atoms with Gasteiger partial charge in [0.05, 0.1) is 12.7 Å². The summed E-state index contributed by atoms with van der Waals surface area (Å²) in [7, 11) is 6.78. The number of hydrogen-bond donors (Lipinski definition) is 1. The number of aliphatic hydroxyl groups is 1. The minimum absolute atomic E-state index is 0.00117. The van der Waals surface area contributed by atoms with Gasteiger partial charge in [0.25, 0.3) is 0 Å². The first-order valence-electron chi connectivity index (χ1n) is 4.13. The Balaban J connectivity index is 3.53. The summed E-state index contributed by atoms with van der Waals surface area (Å²) >= 11 is 0. The molecule has 0 aromatic heterocycles. The van der Waals surface area contributed by atoms with Gasteiger partial charge in [-0.05, 0) is 40.9 Å². The summed E-state index contributed by atoms with van der Waals surface area (Å²) in [6.45, 7) is 6.29. The van der Waals surface area contributed by atoms with Crippen molar-refractivity contribution < 1.29 is 9.84 Å². The Kier molecular flexibility index (Phi) is 7.34. The standard InChI is InChI=1S/C8H17ClO2S/c1-6(2)4-8(12-9)11-5-7(3)10/h6-8,10H,4-5H2,1-3H3. The second-order valence-electron chi connectivity index (χ2n) is 3.33. The molecule has 0 fully saturated rings. The molecule has 0 bridgehead atoms. The van der Waals surface area contributed by atoms with E-state index in [0.717, 1.165) is 6.42 Å². The highest BCUT2D eigenvalue weighted by Crippen LogP contribution is 2.23. The predicted octanol–water partition coefficient (Wildman–Crippen LogP) is 2.64. The summed E-state index contributed by atoms with van der Waals surface area (Å²) in [5.74, 6) is 0.565. The van der Waals surface area contributed by atoms with Crippen molar-refractivity contribution in [1.29, 1.82) is 0 Å². The average molecular weight is 213 g/mol. The molecule has 0 rings (SSSR count). The van der Waals surface area contributed by atoms with Crippen molar-refractivity contribution in [3.8, 4) is 0 Å². The second-order valence-corrected chi connectivity index (χ2v) is 4.57. The Bertz CT molecular complexity index is 109. The fraction of sp³-hybridized carbons (Fsp3) is 1.00. The van der Waals surface area contributed by atoms with Crippen LogP contribution in [0.1, 0.15) is 27.2 Å². The largest absolute Gasteiger partial charge is 0.391 e. The van der Waals surface area contributed by atoms with Gasteiger partial charge in [-0.1, -0.05) is 13.8 Å². The Morgan fingerprint density at radius 2 is 2.00 bits per heavy atom. The summed E-state index contributed by atoms with van der Waals surface area (Å²) in [6, 6.07) is 0. The van der Waals surface area contributed by atoms with E-state index in [1.807, 2.05) is 0 Å². The molecule has 2 unspecified atom stereocenters. The molecule has 0 amide bonds. The molecular formula is C8H17ClO2S. The van der Waals surface area contributed by atoms with Crippen molar-refractivity contribution in [1.82, 2.24) is 0 Å². The molecule has 0 aliphatic rings. The normalized spacial score (nSPS) is 16.5. The quantitative estimate of drug-likeness (QED) is 0.687. The van der Waals surface area contributed by atoms with E-state index in [-0.39, 0.29) is 5.44 Å². The van der Waals surface area contributed by atoms with E-state index < -0.39 is 6.10 Å². The van der Waals surface area contributed by atoms with Crippen molar-refractivity contribution in [2.24, 2.45) is 5.92 Å². The Morgan fingerprint density at radius 3 is 2.33 bits per heavy atom. The number of halogens is 1. The lowest BCUT2D eigenvalue weighted by Crippen LogP contribution is -2.17. The molecule has 74 valence electrons. The van der Waals surface area contributed by atoms with Crippen molar-refractivity contribution in [3.63, 3.8) is 0 Å². The second kappa shape index (κ2) is 7.01. The third-order valence-electron chi connectivity index (χ3n) is 1.29. The van der Waals surface area contributed by atoms with Gasteiger partial charge in [0.1, 0.15) is 5.44 Å². The summed E-state index contributed by atoms with van der Waals surface area (Å²) in [5.41, 5.74) is 0.00117. The van der Waals surface area contributed by atoms with Crippen LogP contribution in [0.3, 0.4) is 0 Å². The van der Waals surface area contributed by atoms with Crippen molar-refractivity contribution in [2.45, 2.75) is 38.7 Å². The van der Waals surface area contributed by atoms with Gasteiger partial charge in [-0.25, -0.2) is 0 Å². The van der Waals surface area contributed by atoms with Crippen LogP contribution in [0.4, 0.5) is 0 Å². The number of rotatable bonds is 6. The molecule has 4 heteroatoms. The van der Waals surface area contributed by atoms with Gasteiger partial charge in [-0.3, -0.25) is 0 Å². The first-order chi connectivity index (χ1) is 5.56. The van der Waals surface area contributed by atoms with E-state index in [2.05, 4.69) is 13.8 Å². The van der Waals surface area contributed by atoms with Crippen LogP contribution < -0.4 is 0 Å². The maximum Gasteiger partial charge on any atom is 0.118 e. The predicted molar refractivity (Wildman–Crippen MR) is 54.3 cm³/mol. The third kappa shape index (κ3) is 7.22. The molecule has 1 N–H and O–H groups in total. The molecule has 0 aliphatic carbocycles. The van der Waals surface area contributed by atoms with Crippen LogP contribution in [0.2, 0.25) is 0 Å². The van der Waals surface area contributed by atoms with Crippen LogP contribution in [0.15, 0.2) is 0 Å². The van der Waals surface area contributed by atoms with Crippen molar-refractivity contribution in [3.05, 3.63) is 0 Å². The highest BCUT2D eigenvalue weighted by atomic mass is 35.7. The smallest absolute Gasteiger partial charge is 0.118 e. The first kappa shape index (κ1) is 12.6. The van der Waals surface area contributed by atoms with Gasteiger partial charge < -0.3 is 9.84 Å². The van der Waals surface area contributed by atoms with Gasteiger partial charge in [0.15, 0.2) is 0 Å². The highest BCUT2D eigenvalue weighted by Gasteiger charge is 2.11. The molecule has 0 saturated heterocycles. The monoisotopic (exact) mass is 212 g/mol. The number of ether oxygens (including phenoxy) is 1. The summed E-state index contributed by atoms with van der Waals surface area (Å²) in [4.78, 5) is 0. The topological polar surface area (TPSA) is 29.5 Å². The summed E-state index contributed by atoms with van der Waals surface area (Å²) in [5, 5.41) is 8.95. The first-order valence-corrected chi connectivity index (χ1v) is 5.84. The zero-order valence-electron chi connectivity index (χ0n) is 7.79. The molecule has 0 saturated carbocycles. The average Bonchev–Trinajstić information content (AvgIpc) is 1.97. The molecule has 0 aliphatic heterocycles. The lowest BCUT2D eigenvalue weighted by atomic mass is 10.1. The van der Waals surface area contributed by atoms with Gasteiger partial charge >= 0.3 is 0 Å². The van der Waals surface area contributed by atoms with E-state index in [4.69, 9.17) is 20.5 Å². The van der Waals surface area contributed by atoms with Crippen LogP contribution in [-0.4, -0.2) is 23.3 Å². The number of aliphatic hydroxyl groups excluding tert-OH is 1. The van der Waals surface area contributed by atoms with Crippen LogP contribution in [0, 0.1) is 5.92 Å². The van der Waals surface area contributed by atoms with E-state index in [1.165, 1.54) is 11.0 Å². The molecule has 0 aromatic rings. The van der Waals surface area contributed by atoms with Crippen molar-refractivity contribution in [2.75, 3.05) is 6.61 Å². The van der Waals surface area contributed by atoms with E-state index in [9.17, 15) is 0 Å². The lowest BCUT2D eigenvalue weighted by Gasteiger charge is -2.16. The minimum atomic E-state index is -0.413. The molecule has 2 nitrogen and oxygen atoms in total. The van der Waals surface area contributed by atoms with Crippen LogP contribution in [0.25, 0.3) is 0 Å². The molecule has 12 heavy (non-hydrogen) atoms. The molecule has 0 heterocycles. The zero-order chi connectivity index (χ0) is 9.56. The van der Waals surface area contributed by atoms with Crippen molar-refractivity contribution >= 4 is 21.7 Å². The Labute approximate surface area is 83.1 Å². The zero-order valence-corrected chi connectivity index (χ0v) is 9.36. The molecule has 0 aromatic carbocycles. The molecular weight excluding hydrogens is 196 g/mol. The fourth-order valence-corrected chi connectivity index (χ4v) is 1.72. The maximum absolute atomic E-state index is 8.95. The van der Waals surface area contributed by atoms with Gasteiger partial charge in [-0.15, -0.1) is 0 Å². The SMILES string of the molecule is CC(C)CC(OCC(C)O)SCl. The van der Waals surface area contributed by atoms with Crippen LogP contribution in [-0.2, 0) is 4.74 Å². The summed E-state index contributed by atoms with van der Waals surface area (Å²) < 4.78 is 5.34. The van der Waals surface area contributed by atoms with E-state index in [1.54, 1.807) is 6.92 Å². The third-order valence-corrected chi connectivity index (χ3v) is 2.41. The van der Waals surface area contributed by atoms with Crippen LogP contribution >= 0.6 is 21.7 Å². The van der Waals surface area contributed by atoms with Gasteiger partial charge in [0.2, 0.25) is 0 Å².